The number of benzene rings is 3. The van der Waals surface area contributed by atoms with Gasteiger partial charge in [0.05, 0.1) is 12.0 Å². The summed E-state index contributed by atoms with van der Waals surface area (Å²) in [6.07, 6.45) is 0.966. The Morgan fingerprint density at radius 3 is 2.06 bits per heavy atom. The molecular formula is C29H28F2NO3Y-. The second kappa shape index (κ2) is 11.2. The van der Waals surface area contributed by atoms with E-state index in [1.54, 1.807) is 29.2 Å². The van der Waals surface area contributed by atoms with Crippen LogP contribution < -0.4 is 4.90 Å². The molecule has 2 fully saturated rings. The molecule has 4 nitrogen and oxygen atoms in total. The Bertz CT molecular complexity index is 1180. The molecule has 1 amide bonds. The van der Waals surface area contributed by atoms with E-state index in [4.69, 9.17) is 9.47 Å². The van der Waals surface area contributed by atoms with E-state index in [1.807, 2.05) is 38.1 Å². The van der Waals surface area contributed by atoms with Gasteiger partial charge in [0, 0.05) is 50.4 Å². The topological polar surface area (TPSA) is 38.8 Å². The summed E-state index contributed by atoms with van der Waals surface area (Å²) in [7, 11) is 0. The molecule has 2 heterocycles. The average molecular weight is 565 g/mol. The molecule has 185 valence electrons. The maximum absolute atomic E-state index is 13.6. The van der Waals surface area contributed by atoms with E-state index in [-0.39, 0.29) is 62.2 Å². The van der Waals surface area contributed by atoms with Crippen LogP contribution in [-0.2, 0) is 52.8 Å². The van der Waals surface area contributed by atoms with E-state index in [9.17, 15) is 13.6 Å². The van der Waals surface area contributed by atoms with Gasteiger partial charge in [-0.2, -0.15) is 6.92 Å². The Kier molecular flexibility index (Phi) is 8.40. The molecule has 2 atom stereocenters. The van der Waals surface area contributed by atoms with Crippen LogP contribution in [0.5, 0.6) is 0 Å². The molecule has 0 N–H and O–H groups in total. The van der Waals surface area contributed by atoms with Crippen molar-refractivity contribution in [1.82, 2.24) is 0 Å². The summed E-state index contributed by atoms with van der Waals surface area (Å²) >= 11 is 0. The standard InChI is InChI=1S/C29H28F2NO3.Y/c1-19-3-5-21(6-4-19)27-26(28(33)32(27)25-13-11-24(31)12-14-25)15-16-29(34-17-20(2)18-35-29)22-7-9-23(30)10-8-22;/h3-14,26-27H,15-18H2,1-2H3;/q-1;/t26-,27-;/m1./s1. The fourth-order valence-corrected chi connectivity index (χ4v) is 4.93. The minimum Gasteiger partial charge on any atom is -0.378 e. The Morgan fingerprint density at radius 1 is 0.917 bits per heavy atom. The van der Waals surface area contributed by atoms with Gasteiger partial charge >= 0.3 is 0 Å². The second-order valence-electron chi connectivity index (χ2n) is 9.48. The monoisotopic (exact) mass is 565 g/mol. The summed E-state index contributed by atoms with van der Waals surface area (Å²) < 4.78 is 39.5. The SMILES string of the molecule is Cc1ccc([C@@H]2[C@@H](CCC3(c4ccc(F)cc4)OC[C-](C)CO3)C(=O)N2c2ccc(F)cc2)cc1.[Y]. The molecule has 7 heteroatoms. The average Bonchev–Trinajstić information content (AvgIpc) is 2.86. The zero-order chi connectivity index (χ0) is 24.6. The van der Waals surface area contributed by atoms with Gasteiger partial charge in [-0.25, -0.2) is 8.78 Å². The summed E-state index contributed by atoms with van der Waals surface area (Å²) in [5.41, 5.74) is 3.56. The number of ether oxygens (including phenoxy) is 2. The normalized spacial score (nSPS) is 21.6. The van der Waals surface area contributed by atoms with Gasteiger partial charge < -0.3 is 14.4 Å². The van der Waals surface area contributed by atoms with Crippen LogP contribution in [0, 0.1) is 30.4 Å². The van der Waals surface area contributed by atoms with Crippen molar-refractivity contribution in [1.29, 1.82) is 0 Å². The van der Waals surface area contributed by atoms with Crippen LogP contribution in [0.15, 0.2) is 72.8 Å². The molecule has 1 radical (unpaired) electrons. The quantitative estimate of drug-likeness (QED) is 0.262. The molecule has 3 aromatic rings. The first-order valence-electron chi connectivity index (χ1n) is 11.9. The molecule has 0 aromatic heterocycles. The molecule has 0 aliphatic carbocycles. The third kappa shape index (κ3) is 5.33. The summed E-state index contributed by atoms with van der Waals surface area (Å²) in [6.45, 7) is 4.88. The van der Waals surface area contributed by atoms with Gasteiger partial charge in [0.1, 0.15) is 11.6 Å². The third-order valence-electron chi connectivity index (χ3n) is 6.91. The maximum atomic E-state index is 13.6. The summed E-state index contributed by atoms with van der Waals surface area (Å²) in [4.78, 5) is 15.1. The minimum atomic E-state index is -1.04. The smallest absolute Gasteiger partial charge is 0.233 e. The van der Waals surface area contributed by atoms with Gasteiger partial charge in [0.15, 0.2) is 5.79 Å². The van der Waals surface area contributed by atoms with Gasteiger partial charge in [0.2, 0.25) is 5.91 Å². The Morgan fingerprint density at radius 2 is 1.47 bits per heavy atom. The molecule has 0 bridgehead atoms. The Labute approximate surface area is 235 Å². The van der Waals surface area contributed by atoms with Crippen molar-refractivity contribution < 1.29 is 55.8 Å². The number of amides is 1. The van der Waals surface area contributed by atoms with E-state index in [0.717, 1.165) is 22.6 Å². The number of β-lactam (4-membered cyclic amide) rings is 1. The number of hydrogen-bond acceptors (Lipinski definition) is 3. The first kappa shape index (κ1) is 27.1. The first-order chi connectivity index (χ1) is 16.9. The number of halogens is 2. The van der Waals surface area contributed by atoms with Crippen LogP contribution in [0.1, 0.15) is 42.5 Å². The maximum Gasteiger partial charge on any atom is 0.233 e. The fourth-order valence-electron chi connectivity index (χ4n) is 4.93. The third-order valence-corrected chi connectivity index (χ3v) is 6.91. The van der Waals surface area contributed by atoms with Crippen LogP contribution in [-0.4, -0.2) is 19.1 Å². The van der Waals surface area contributed by atoms with Gasteiger partial charge in [0.25, 0.3) is 0 Å². The molecule has 0 unspecified atom stereocenters. The van der Waals surface area contributed by atoms with Crippen molar-refractivity contribution in [2.45, 2.75) is 38.5 Å². The van der Waals surface area contributed by atoms with Gasteiger partial charge in [-0.15, -0.1) is 0 Å². The van der Waals surface area contributed by atoms with Crippen LogP contribution in [0.2, 0.25) is 0 Å². The van der Waals surface area contributed by atoms with Crippen molar-refractivity contribution in [3.63, 3.8) is 0 Å². The molecule has 0 spiro atoms. The first-order valence-corrected chi connectivity index (χ1v) is 11.9. The Balaban J connectivity index is 0.00000304. The minimum absolute atomic E-state index is 0. The molecule has 0 saturated carbocycles. The van der Waals surface area contributed by atoms with E-state index in [0.29, 0.717) is 31.7 Å². The Hall–Kier alpha value is -1.99. The summed E-state index contributed by atoms with van der Waals surface area (Å²) in [5.74, 6) is -0.949. The zero-order valence-electron chi connectivity index (χ0n) is 20.4. The van der Waals surface area contributed by atoms with Crippen molar-refractivity contribution in [3.8, 4) is 0 Å². The van der Waals surface area contributed by atoms with Crippen LogP contribution >= 0.6 is 0 Å². The summed E-state index contributed by atoms with van der Waals surface area (Å²) in [6, 6.07) is 20.1. The van der Waals surface area contributed by atoms with Crippen LogP contribution in [0.3, 0.4) is 0 Å². The van der Waals surface area contributed by atoms with Crippen molar-refractivity contribution in [2.75, 3.05) is 18.1 Å². The number of rotatable bonds is 6. The number of nitrogens with zero attached hydrogens (tertiary/aromatic N) is 1. The van der Waals surface area contributed by atoms with Gasteiger partial charge in [-0.1, -0.05) is 55.2 Å². The van der Waals surface area contributed by atoms with E-state index in [1.165, 1.54) is 24.3 Å². The predicted molar refractivity (Wildman–Crippen MR) is 129 cm³/mol. The number of carbonyl (C=O) groups excluding carboxylic acids is 1. The molecule has 5 rings (SSSR count). The molecule has 2 saturated heterocycles. The van der Waals surface area contributed by atoms with Crippen LogP contribution in [0.25, 0.3) is 0 Å². The number of aryl methyl sites for hydroxylation is 1. The number of anilines is 1. The number of hydrogen-bond donors (Lipinski definition) is 0. The molecule has 2 aliphatic rings. The van der Waals surface area contributed by atoms with Crippen molar-refractivity contribution in [2.24, 2.45) is 5.92 Å². The molecule has 2 aliphatic heterocycles. The van der Waals surface area contributed by atoms with E-state index in [2.05, 4.69) is 0 Å². The van der Waals surface area contributed by atoms with Gasteiger partial charge in [-0.05, 0) is 55.3 Å². The van der Waals surface area contributed by atoms with E-state index >= 15 is 0 Å². The fraction of sp³-hybridized carbons (Fsp3) is 0.310. The van der Waals surface area contributed by atoms with Crippen molar-refractivity contribution >= 4 is 11.6 Å². The van der Waals surface area contributed by atoms with Crippen LogP contribution in [0.4, 0.5) is 14.5 Å². The second-order valence-corrected chi connectivity index (χ2v) is 9.48. The molecule has 36 heavy (non-hydrogen) atoms. The van der Waals surface area contributed by atoms with E-state index < -0.39 is 5.79 Å². The molecular weight excluding hydrogens is 537 g/mol. The number of carbonyl (C=O) groups is 1. The predicted octanol–water partition coefficient (Wildman–Crippen LogP) is 6.25. The molecule has 3 aromatic carbocycles. The van der Waals surface area contributed by atoms with Gasteiger partial charge in [-0.3, -0.25) is 10.7 Å². The summed E-state index contributed by atoms with van der Waals surface area (Å²) in [5, 5.41) is 0. The zero-order valence-corrected chi connectivity index (χ0v) is 23.3. The largest absolute Gasteiger partial charge is 0.378 e. The van der Waals surface area contributed by atoms with Crippen molar-refractivity contribution in [3.05, 3.63) is 107 Å².